The van der Waals surface area contributed by atoms with E-state index in [4.69, 9.17) is 10.3 Å². The number of nitrogens with two attached hydrogens (primary N) is 1. The van der Waals surface area contributed by atoms with E-state index in [9.17, 15) is 4.39 Å². The van der Waals surface area contributed by atoms with E-state index in [2.05, 4.69) is 17.1 Å². The van der Waals surface area contributed by atoms with E-state index in [1.165, 1.54) is 18.2 Å². The first-order valence-corrected chi connectivity index (χ1v) is 6.82. The molecule has 0 saturated carbocycles. The van der Waals surface area contributed by atoms with Gasteiger partial charge in [-0.1, -0.05) is 12.1 Å². The lowest BCUT2D eigenvalue weighted by Crippen LogP contribution is -1.91. The molecule has 2 aromatic rings. The topological polar surface area (TPSA) is 64.9 Å². The molecule has 0 atom stereocenters. The third kappa shape index (κ3) is 3.01. The fourth-order valence-corrected chi connectivity index (χ4v) is 2.18. The normalized spacial score (nSPS) is 10.8. The standard InChI is InChI=1S/C12H14FN3OS/c1-2-5-18-7-11-15-12(17-16-11)9-6-8(13)3-4-10(9)14/h3-4,6H,2,5,7,14H2,1H3. The number of hydrogen-bond donors (Lipinski definition) is 1. The van der Waals surface area contributed by atoms with Crippen LogP contribution in [0, 0.1) is 5.82 Å². The van der Waals surface area contributed by atoms with E-state index < -0.39 is 0 Å². The van der Waals surface area contributed by atoms with E-state index in [-0.39, 0.29) is 11.7 Å². The summed E-state index contributed by atoms with van der Waals surface area (Å²) in [6.07, 6.45) is 1.10. The molecule has 1 aromatic carbocycles. The van der Waals surface area contributed by atoms with E-state index in [1.54, 1.807) is 11.8 Å². The van der Waals surface area contributed by atoms with Crippen molar-refractivity contribution in [2.45, 2.75) is 19.1 Å². The highest BCUT2D eigenvalue weighted by molar-refractivity contribution is 7.98. The van der Waals surface area contributed by atoms with Crippen LogP contribution >= 0.6 is 11.8 Å². The van der Waals surface area contributed by atoms with E-state index >= 15 is 0 Å². The van der Waals surface area contributed by atoms with E-state index in [0.717, 1.165) is 12.2 Å². The minimum atomic E-state index is -0.376. The van der Waals surface area contributed by atoms with Gasteiger partial charge in [-0.05, 0) is 30.4 Å². The maximum absolute atomic E-state index is 13.1. The summed E-state index contributed by atoms with van der Waals surface area (Å²) >= 11 is 1.73. The second kappa shape index (κ2) is 5.86. The molecule has 4 nitrogen and oxygen atoms in total. The number of halogens is 1. The van der Waals surface area contributed by atoms with Crippen LogP contribution in [0.1, 0.15) is 19.2 Å². The van der Waals surface area contributed by atoms with Gasteiger partial charge in [0.25, 0.3) is 5.89 Å². The van der Waals surface area contributed by atoms with Gasteiger partial charge in [0.05, 0.1) is 11.3 Å². The van der Waals surface area contributed by atoms with Crippen LogP contribution in [-0.2, 0) is 5.75 Å². The van der Waals surface area contributed by atoms with Gasteiger partial charge in [0.1, 0.15) is 5.82 Å². The number of hydrogen-bond acceptors (Lipinski definition) is 5. The monoisotopic (exact) mass is 267 g/mol. The highest BCUT2D eigenvalue weighted by Crippen LogP contribution is 2.25. The highest BCUT2D eigenvalue weighted by Gasteiger charge is 2.12. The lowest BCUT2D eigenvalue weighted by atomic mass is 10.2. The van der Waals surface area contributed by atoms with Crippen LogP contribution in [-0.4, -0.2) is 15.9 Å². The van der Waals surface area contributed by atoms with Crippen molar-refractivity contribution < 1.29 is 8.91 Å². The molecule has 1 heterocycles. The van der Waals surface area contributed by atoms with Crippen LogP contribution in [0.3, 0.4) is 0 Å². The molecule has 0 fully saturated rings. The summed E-state index contributed by atoms with van der Waals surface area (Å²) in [5, 5.41) is 3.85. The smallest absolute Gasteiger partial charge is 0.260 e. The zero-order valence-corrected chi connectivity index (χ0v) is 10.8. The third-order valence-corrected chi connectivity index (χ3v) is 3.45. The van der Waals surface area contributed by atoms with E-state index in [1.807, 2.05) is 0 Å². The molecule has 2 N–H and O–H groups in total. The Morgan fingerprint density at radius 2 is 2.28 bits per heavy atom. The lowest BCUT2D eigenvalue weighted by molar-refractivity contribution is 0.425. The molecule has 0 aliphatic heterocycles. The highest BCUT2D eigenvalue weighted by atomic mass is 32.2. The number of rotatable bonds is 5. The van der Waals surface area contributed by atoms with Gasteiger partial charge in [-0.2, -0.15) is 16.7 Å². The number of anilines is 1. The van der Waals surface area contributed by atoms with E-state index in [0.29, 0.717) is 22.8 Å². The molecule has 0 amide bonds. The molecule has 0 spiro atoms. The molecule has 18 heavy (non-hydrogen) atoms. The van der Waals surface area contributed by atoms with Crippen molar-refractivity contribution in [3.8, 4) is 11.5 Å². The van der Waals surface area contributed by atoms with Crippen LogP contribution < -0.4 is 5.73 Å². The average molecular weight is 267 g/mol. The van der Waals surface area contributed by atoms with Crippen molar-refractivity contribution in [1.29, 1.82) is 0 Å². The number of thioether (sulfide) groups is 1. The zero-order chi connectivity index (χ0) is 13.0. The fraction of sp³-hybridized carbons (Fsp3) is 0.333. The largest absolute Gasteiger partial charge is 0.398 e. The number of nitrogens with zero attached hydrogens (tertiary/aromatic N) is 2. The Labute approximate surface area is 109 Å². The van der Waals surface area contributed by atoms with Crippen LogP contribution in [0.25, 0.3) is 11.5 Å². The second-order valence-electron chi connectivity index (χ2n) is 3.80. The zero-order valence-electron chi connectivity index (χ0n) is 10.0. The second-order valence-corrected chi connectivity index (χ2v) is 4.91. The molecular weight excluding hydrogens is 253 g/mol. The summed E-state index contributed by atoms with van der Waals surface area (Å²) in [4.78, 5) is 4.21. The molecule has 0 bridgehead atoms. The quantitative estimate of drug-likeness (QED) is 0.666. The summed E-state index contributed by atoms with van der Waals surface area (Å²) in [6, 6.07) is 4.08. The van der Waals surface area contributed by atoms with Gasteiger partial charge in [0.2, 0.25) is 0 Å². The predicted octanol–water partition coefficient (Wildman–Crippen LogP) is 3.10. The number of aromatic nitrogens is 2. The first kappa shape index (κ1) is 12.9. The van der Waals surface area contributed by atoms with Crippen molar-refractivity contribution in [2.24, 2.45) is 0 Å². The SMILES string of the molecule is CCCSCc1noc(-c2cc(F)ccc2N)n1. The van der Waals surface area contributed by atoms with Crippen LogP contribution in [0.4, 0.5) is 10.1 Å². The van der Waals surface area contributed by atoms with Crippen molar-refractivity contribution >= 4 is 17.4 Å². The first-order valence-electron chi connectivity index (χ1n) is 5.66. The lowest BCUT2D eigenvalue weighted by Gasteiger charge is -1.99. The van der Waals surface area contributed by atoms with Crippen LogP contribution in [0.2, 0.25) is 0 Å². The van der Waals surface area contributed by atoms with Gasteiger partial charge in [-0.15, -0.1) is 0 Å². The molecule has 6 heteroatoms. The Bertz CT molecular complexity index is 530. The molecular formula is C12H14FN3OS. The molecule has 0 unspecified atom stereocenters. The number of benzene rings is 1. The van der Waals surface area contributed by atoms with Crippen molar-refractivity contribution in [3.63, 3.8) is 0 Å². The van der Waals surface area contributed by atoms with Gasteiger partial charge >= 0.3 is 0 Å². The van der Waals surface area contributed by atoms with Gasteiger partial charge in [-0.3, -0.25) is 0 Å². The first-order chi connectivity index (χ1) is 8.70. The Morgan fingerprint density at radius 1 is 1.44 bits per heavy atom. The Kier molecular flexibility index (Phi) is 4.19. The summed E-state index contributed by atoms with van der Waals surface area (Å²) < 4.78 is 18.2. The summed E-state index contributed by atoms with van der Waals surface area (Å²) in [5.74, 6) is 2.23. The molecule has 1 aromatic heterocycles. The van der Waals surface area contributed by atoms with Crippen molar-refractivity contribution in [2.75, 3.05) is 11.5 Å². The minimum absolute atomic E-state index is 0.263. The average Bonchev–Trinajstić information content (AvgIpc) is 2.81. The maximum Gasteiger partial charge on any atom is 0.260 e. The Hall–Kier alpha value is -1.56. The van der Waals surface area contributed by atoms with Crippen molar-refractivity contribution in [1.82, 2.24) is 10.1 Å². The fourth-order valence-electron chi connectivity index (χ4n) is 1.44. The summed E-state index contributed by atoms with van der Waals surface area (Å²) in [5.41, 5.74) is 6.62. The van der Waals surface area contributed by atoms with Gasteiger partial charge in [-0.25, -0.2) is 4.39 Å². The van der Waals surface area contributed by atoms with Gasteiger partial charge in [0, 0.05) is 5.69 Å². The Morgan fingerprint density at radius 3 is 3.06 bits per heavy atom. The van der Waals surface area contributed by atoms with Gasteiger partial charge in [0.15, 0.2) is 5.82 Å². The summed E-state index contributed by atoms with van der Waals surface area (Å²) in [6.45, 7) is 2.11. The van der Waals surface area contributed by atoms with Crippen molar-refractivity contribution in [3.05, 3.63) is 29.8 Å². The minimum Gasteiger partial charge on any atom is -0.398 e. The third-order valence-electron chi connectivity index (χ3n) is 2.29. The molecule has 0 aliphatic rings. The maximum atomic E-state index is 13.1. The predicted molar refractivity (Wildman–Crippen MR) is 70.6 cm³/mol. The summed E-state index contributed by atoms with van der Waals surface area (Å²) in [7, 11) is 0. The molecule has 0 aliphatic carbocycles. The van der Waals surface area contributed by atoms with Crippen LogP contribution in [0.5, 0.6) is 0 Å². The Balaban J connectivity index is 2.16. The number of nitrogen functional groups attached to an aromatic ring is 1. The molecule has 0 saturated heterocycles. The van der Waals surface area contributed by atoms with Crippen LogP contribution in [0.15, 0.2) is 22.7 Å². The van der Waals surface area contributed by atoms with Gasteiger partial charge < -0.3 is 10.3 Å². The molecule has 2 rings (SSSR count). The molecule has 96 valence electrons. The molecule has 0 radical (unpaired) electrons.